The minimum absolute atomic E-state index is 0.357. The summed E-state index contributed by atoms with van der Waals surface area (Å²) >= 11 is 0. The molecule has 1 heterocycles. The predicted octanol–water partition coefficient (Wildman–Crippen LogP) is 1.27. The average molecular weight is 197 g/mol. The average Bonchev–Trinajstić information content (AvgIpc) is 2.65. The molecule has 0 aliphatic rings. The fourth-order valence-corrected chi connectivity index (χ4v) is 1.50. The Bertz CT molecular complexity index is 257. The van der Waals surface area contributed by atoms with Crippen molar-refractivity contribution >= 4 is 0 Å². The molecule has 14 heavy (non-hydrogen) atoms. The van der Waals surface area contributed by atoms with Crippen molar-refractivity contribution in [2.45, 2.75) is 52.1 Å². The zero-order valence-electron chi connectivity index (χ0n) is 8.98. The van der Waals surface area contributed by atoms with Crippen molar-refractivity contribution < 1.29 is 0 Å². The normalized spacial score (nSPS) is 13.1. The molecule has 1 atom stereocenters. The van der Waals surface area contributed by atoms with Gasteiger partial charge in [0.05, 0.1) is 12.6 Å². The predicted molar refractivity (Wildman–Crippen MR) is 54.6 cm³/mol. The number of unbranched alkanes of at least 4 members (excludes halogenated alkanes) is 2. The third-order valence-corrected chi connectivity index (χ3v) is 2.39. The second-order valence-corrected chi connectivity index (χ2v) is 3.59. The highest BCUT2D eigenvalue weighted by atomic mass is 15.5. The smallest absolute Gasteiger partial charge is 0.165 e. The van der Waals surface area contributed by atoms with E-state index in [1.807, 2.05) is 4.68 Å². The maximum atomic E-state index is 5.52. The van der Waals surface area contributed by atoms with Crippen LogP contribution in [0, 0.1) is 0 Å². The maximum absolute atomic E-state index is 5.52. The van der Waals surface area contributed by atoms with E-state index < -0.39 is 0 Å². The van der Waals surface area contributed by atoms with E-state index in [4.69, 9.17) is 5.73 Å². The third-order valence-electron chi connectivity index (χ3n) is 2.39. The summed E-state index contributed by atoms with van der Waals surface area (Å²) in [7, 11) is 0. The molecule has 0 fully saturated rings. The van der Waals surface area contributed by atoms with Crippen LogP contribution in [0.15, 0.2) is 0 Å². The Morgan fingerprint density at radius 2 is 2.21 bits per heavy atom. The Kier molecular flexibility index (Phi) is 4.52. The minimum atomic E-state index is 0.357. The van der Waals surface area contributed by atoms with Crippen LogP contribution in [0.5, 0.6) is 0 Å². The highest BCUT2D eigenvalue weighted by Crippen LogP contribution is 2.14. The minimum Gasteiger partial charge on any atom is -0.324 e. The summed E-state index contributed by atoms with van der Waals surface area (Å²) in [4.78, 5) is 0. The Labute approximate surface area is 84.7 Å². The lowest BCUT2D eigenvalue weighted by Crippen LogP contribution is -2.14. The lowest BCUT2D eigenvalue weighted by atomic mass is 10.1. The van der Waals surface area contributed by atoms with Crippen LogP contribution in [0.4, 0.5) is 0 Å². The lowest BCUT2D eigenvalue weighted by Gasteiger charge is -2.11. The van der Waals surface area contributed by atoms with Crippen LogP contribution in [0.1, 0.15) is 51.4 Å². The zero-order chi connectivity index (χ0) is 10.4. The summed E-state index contributed by atoms with van der Waals surface area (Å²) in [6.07, 6.45) is 4.85. The first-order valence-electron chi connectivity index (χ1n) is 5.26. The maximum Gasteiger partial charge on any atom is 0.165 e. The van der Waals surface area contributed by atoms with Crippen LogP contribution < -0.4 is 5.73 Å². The number of nitrogens with two attached hydrogens (primary N) is 1. The molecule has 1 aromatic rings. The fourth-order valence-electron chi connectivity index (χ4n) is 1.50. The Morgan fingerprint density at radius 1 is 1.43 bits per heavy atom. The molecule has 0 aromatic carbocycles. The molecule has 0 radical (unpaired) electrons. The van der Waals surface area contributed by atoms with E-state index in [2.05, 4.69) is 29.4 Å². The second kappa shape index (κ2) is 5.70. The molecule has 1 unspecified atom stereocenters. The molecule has 1 aromatic heterocycles. The highest BCUT2D eigenvalue weighted by Gasteiger charge is 2.10. The highest BCUT2D eigenvalue weighted by molar-refractivity contribution is 4.81. The van der Waals surface area contributed by atoms with Crippen molar-refractivity contribution in [1.29, 1.82) is 0 Å². The number of nitrogens with zero attached hydrogens (tertiary/aromatic N) is 4. The second-order valence-electron chi connectivity index (χ2n) is 3.59. The monoisotopic (exact) mass is 197 g/mol. The molecule has 0 saturated carbocycles. The van der Waals surface area contributed by atoms with E-state index >= 15 is 0 Å². The molecule has 2 N–H and O–H groups in total. The van der Waals surface area contributed by atoms with Crippen LogP contribution >= 0.6 is 0 Å². The summed E-state index contributed by atoms with van der Waals surface area (Å²) < 4.78 is 1.83. The van der Waals surface area contributed by atoms with Crippen LogP contribution in [-0.2, 0) is 6.54 Å². The van der Waals surface area contributed by atoms with Crippen LogP contribution in [0.2, 0.25) is 0 Å². The van der Waals surface area contributed by atoms with Gasteiger partial charge in [0.2, 0.25) is 0 Å². The van der Waals surface area contributed by atoms with Crippen LogP contribution in [0.25, 0.3) is 0 Å². The molecule has 0 saturated heterocycles. The van der Waals surface area contributed by atoms with E-state index in [1.54, 1.807) is 0 Å². The Balaban J connectivity index is 2.47. The molecule has 0 aliphatic carbocycles. The van der Waals surface area contributed by atoms with E-state index in [0.717, 1.165) is 12.2 Å². The first kappa shape index (κ1) is 11.1. The van der Waals surface area contributed by atoms with Crippen molar-refractivity contribution in [2.24, 2.45) is 5.73 Å². The van der Waals surface area contributed by atoms with Gasteiger partial charge in [-0.1, -0.05) is 26.2 Å². The molecule has 1 rings (SSSR count). The summed E-state index contributed by atoms with van der Waals surface area (Å²) in [6, 6.07) is 0.357. The van der Waals surface area contributed by atoms with Gasteiger partial charge in [-0.3, -0.25) is 0 Å². The van der Waals surface area contributed by atoms with E-state index in [-0.39, 0.29) is 0 Å². The van der Waals surface area contributed by atoms with E-state index in [0.29, 0.717) is 12.6 Å². The molecular weight excluding hydrogens is 178 g/mol. The van der Waals surface area contributed by atoms with Crippen molar-refractivity contribution in [2.75, 3.05) is 0 Å². The van der Waals surface area contributed by atoms with E-state index in [9.17, 15) is 0 Å². The first-order valence-corrected chi connectivity index (χ1v) is 5.26. The van der Waals surface area contributed by atoms with Gasteiger partial charge in [0, 0.05) is 0 Å². The molecule has 0 spiro atoms. The van der Waals surface area contributed by atoms with Gasteiger partial charge in [0.25, 0.3) is 0 Å². The summed E-state index contributed by atoms with van der Waals surface area (Å²) in [5.41, 5.74) is 5.52. The summed E-state index contributed by atoms with van der Waals surface area (Å²) in [5, 5.41) is 11.4. The van der Waals surface area contributed by atoms with Crippen LogP contribution in [0.3, 0.4) is 0 Å². The number of rotatable bonds is 6. The topological polar surface area (TPSA) is 69.6 Å². The quantitative estimate of drug-likeness (QED) is 0.697. The van der Waals surface area contributed by atoms with Crippen molar-refractivity contribution in [1.82, 2.24) is 20.2 Å². The Morgan fingerprint density at radius 3 is 2.86 bits per heavy atom. The fraction of sp³-hybridized carbons (Fsp3) is 0.889. The van der Waals surface area contributed by atoms with Crippen molar-refractivity contribution in [3.8, 4) is 0 Å². The largest absolute Gasteiger partial charge is 0.324 e. The standard InChI is InChI=1S/C9H19N5/c1-3-4-5-6-8(2)14-9(7-10)11-12-13-14/h8H,3-7,10H2,1-2H3. The SMILES string of the molecule is CCCCCC(C)n1nnnc1CN. The van der Waals surface area contributed by atoms with Crippen molar-refractivity contribution in [3.63, 3.8) is 0 Å². The first-order chi connectivity index (χ1) is 6.79. The van der Waals surface area contributed by atoms with Crippen molar-refractivity contribution in [3.05, 3.63) is 5.82 Å². The van der Waals surface area contributed by atoms with Gasteiger partial charge in [0.1, 0.15) is 0 Å². The molecule has 5 heteroatoms. The summed E-state index contributed by atoms with van der Waals surface area (Å²) in [6.45, 7) is 4.74. The third kappa shape index (κ3) is 2.77. The number of hydrogen-bond donors (Lipinski definition) is 1. The van der Waals surface area contributed by atoms with Gasteiger partial charge in [-0.2, -0.15) is 0 Å². The summed E-state index contributed by atoms with van der Waals surface area (Å²) in [5.74, 6) is 0.772. The van der Waals surface area contributed by atoms with Gasteiger partial charge in [-0.25, -0.2) is 4.68 Å². The van der Waals surface area contributed by atoms with Gasteiger partial charge in [-0.05, 0) is 23.8 Å². The number of aromatic nitrogens is 4. The molecule has 0 aliphatic heterocycles. The number of tetrazole rings is 1. The van der Waals surface area contributed by atoms with Gasteiger partial charge < -0.3 is 5.73 Å². The van der Waals surface area contributed by atoms with Gasteiger partial charge >= 0.3 is 0 Å². The van der Waals surface area contributed by atoms with Gasteiger partial charge in [-0.15, -0.1) is 5.10 Å². The molecule has 80 valence electrons. The molecule has 5 nitrogen and oxygen atoms in total. The molecular formula is C9H19N5. The van der Waals surface area contributed by atoms with E-state index in [1.165, 1.54) is 19.3 Å². The lowest BCUT2D eigenvalue weighted by molar-refractivity contribution is 0.416. The Hall–Kier alpha value is -0.970. The molecule has 0 amide bonds. The van der Waals surface area contributed by atoms with Gasteiger partial charge in [0.15, 0.2) is 5.82 Å². The number of hydrogen-bond acceptors (Lipinski definition) is 4. The van der Waals surface area contributed by atoms with Crippen LogP contribution in [-0.4, -0.2) is 20.2 Å². The molecule has 0 bridgehead atoms. The zero-order valence-corrected chi connectivity index (χ0v) is 8.98.